The Balaban J connectivity index is 1.70. The molecular weight excluding hydrogens is 332 g/mol. The van der Waals surface area contributed by atoms with Crippen molar-refractivity contribution >= 4 is 23.2 Å². The highest BCUT2D eigenvalue weighted by Crippen LogP contribution is 2.27. The van der Waals surface area contributed by atoms with Crippen molar-refractivity contribution in [3.63, 3.8) is 0 Å². The first-order chi connectivity index (χ1) is 12.6. The van der Waals surface area contributed by atoms with E-state index in [1.165, 1.54) is 4.90 Å². The van der Waals surface area contributed by atoms with Crippen LogP contribution in [0.1, 0.15) is 20.3 Å². The number of carbonyl (C=O) groups is 2. The van der Waals surface area contributed by atoms with Crippen LogP contribution in [0, 0.1) is 0 Å². The Labute approximate surface area is 152 Å². The first-order valence-corrected chi connectivity index (χ1v) is 8.71. The second-order valence-corrected chi connectivity index (χ2v) is 5.85. The molecule has 0 radical (unpaired) electrons. The van der Waals surface area contributed by atoms with E-state index in [0.717, 1.165) is 11.4 Å². The Hall–Kier alpha value is -3.02. The fourth-order valence-electron chi connectivity index (χ4n) is 2.89. The van der Waals surface area contributed by atoms with Crippen LogP contribution in [-0.4, -0.2) is 31.1 Å². The molecule has 6 nitrogen and oxygen atoms in total. The fraction of sp³-hybridized carbons (Fsp3) is 0.300. The highest BCUT2D eigenvalue weighted by atomic mass is 16.5. The largest absolute Gasteiger partial charge is 0.494 e. The summed E-state index contributed by atoms with van der Waals surface area (Å²) in [6.45, 7) is 4.98. The minimum absolute atomic E-state index is 0.124. The molecule has 0 aliphatic carbocycles. The fourth-order valence-corrected chi connectivity index (χ4v) is 2.89. The van der Waals surface area contributed by atoms with Gasteiger partial charge in [-0.1, -0.05) is 0 Å². The number of anilines is 2. The summed E-state index contributed by atoms with van der Waals surface area (Å²) < 4.78 is 10.8. The van der Waals surface area contributed by atoms with Gasteiger partial charge in [0, 0.05) is 5.69 Å². The number of nitrogens with zero attached hydrogens (tertiary/aromatic N) is 1. The summed E-state index contributed by atoms with van der Waals surface area (Å²) in [5.41, 5.74) is 1.33. The van der Waals surface area contributed by atoms with Gasteiger partial charge in [-0.3, -0.25) is 9.59 Å². The molecule has 3 rings (SSSR count). The number of ether oxygens (including phenoxy) is 2. The molecule has 6 heteroatoms. The molecule has 1 aliphatic heterocycles. The maximum absolute atomic E-state index is 12.7. The van der Waals surface area contributed by atoms with Gasteiger partial charge in [0.15, 0.2) is 0 Å². The smallest absolute Gasteiger partial charge is 0.256 e. The van der Waals surface area contributed by atoms with Crippen molar-refractivity contribution in [2.24, 2.45) is 0 Å². The molecule has 1 fully saturated rings. The molecular formula is C20H22N2O4. The van der Waals surface area contributed by atoms with Gasteiger partial charge >= 0.3 is 0 Å². The van der Waals surface area contributed by atoms with Gasteiger partial charge < -0.3 is 14.8 Å². The molecule has 136 valence electrons. The number of rotatable bonds is 7. The van der Waals surface area contributed by atoms with E-state index >= 15 is 0 Å². The summed E-state index contributed by atoms with van der Waals surface area (Å²) >= 11 is 0. The van der Waals surface area contributed by atoms with E-state index in [9.17, 15) is 9.59 Å². The molecule has 1 saturated heterocycles. The maximum atomic E-state index is 12.7. The number of nitrogens with one attached hydrogen (secondary N) is 1. The average Bonchev–Trinajstić information content (AvgIpc) is 2.92. The van der Waals surface area contributed by atoms with Crippen LogP contribution in [0.2, 0.25) is 0 Å². The minimum Gasteiger partial charge on any atom is -0.494 e. The third-order valence-corrected chi connectivity index (χ3v) is 4.06. The van der Waals surface area contributed by atoms with Gasteiger partial charge in [0.25, 0.3) is 5.91 Å². The normalized spacial score (nSPS) is 16.7. The van der Waals surface area contributed by atoms with Gasteiger partial charge in [0.05, 0.1) is 25.3 Å². The topological polar surface area (TPSA) is 67.9 Å². The summed E-state index contributed by atoms with van der Waals surface area (Å²) in [6, 6.07) is 13.7. The zero-order chi connectivity index (χ0) is 18.5. The second-order valence-electron chi connectivity index (χ2n) is 5.85. The summed E-state index contributed by atoms with van der Waals surface area (Å²) in [6.07, 6.45) is 0.124. The molecule has 0 unspecified atom stereocenters. The zero-order valence-electron chi connectivity index (χ0n) is 14.9. The lowest BCUT2D eigenvalue weighted by Gasteiger charge is -2.16. The first-order valence-electron chi connectivity index (χ1n) is 8.71. The molecule has 1 aliphatic rings. The van der Waals surface area contributed by atoms with Crippen LogP contribution in [0.4, 0.5) is 11.4 Å². The molecule has 2 aromatic rings. The van der Waals surface area contributed by atoms with Crippen molar-refractivity contribution in [2.45, 2.75) is 26.3 Å². The van der Waals surface area contributed by atoms with Crippen LogP contribution < -0.4 is 19.7 Å². The lowest BCUT2D eigenvalue weighted by molar-refractivity contribution is -0.121. The van der Waals surface area contributed by atoms with E-state index in [0.29, 0.717) is 24.7 Å². The van der Waals surface area contributed by atoms with Gasteiger partial charge in [-0.05, 0) is 62.4 Å². The summed E-state index contributed by atoms with van der Waals surface area (Å²) in [7, 11) is 0. The van der Waals surface area contributed by atoms with Crippen molar-refractivity contribution in [3.05, 3.63) is 48.5 Å². The predicted molar refractivity (Wildman–Crippen MR) is 99.7 cm³/mol. The second kappa shape index (κ2) is 7.91. The summed E-state index contributed by atoms with van der Waals surface area (Å²) in [5, 5.41) is 3.13. The van der Waals surface area contributed by atoms with Crippen LogP contribution >= 0.6 is 0 Å². The first kappa shape index (κ1) is 17.8. The van der Waals surface area contributed by atoms with Crippen molar-refractivity contribution in [2.75, 3.05) is 23.4 Å². The van der Waals surface area contributed by atoms with Gasteiger partial charge in [0.2, 0.25) is 5.91 Å². The van der Waals surface area contributed by atoms with E-state index in [-0.39, 0.29) is 18.2 Å². The van der Waals surface area contributed by atoms with Crippen molar-refractivity contribution < 1.29 is 19.1 Å². The van der Waals surface area contributed by atoms with E-state index in [1.54, 1.807) is 24.3 Å². The number of hydrogen-bond donors (Lipinski definition) is 1. The third kappa shape index (κ3) is 3.79. The Morgan fingerprint density at radius 2 is 1.46 bits per heavy atom. The van der Waals surface area contributed by atoms with Crippen LogP contribution in [0.15, 0.2) is 48.5 Å². The van der Waals surface area contributed by atoms with Crippen LogP contribution in [0.5, 0.6) is 11.5 Å². The molecule has 0 bridgehead atoms. The van der Waals surface area contributed by atoms with E-state index in [4.69, 9.17) is 9.47 Å². The molecule has 26 heavy (non-hydrogen) atoms. The van der Waals surface area contributed by atoms with Gasteiger partial charge in [-0.2, -0.15) is 0 Å². The maximum Gasteiger partial charge on any atom is 0.256 e. The van der Waals surface area contributed by atoms with Crippen LogP contribution in [0.3, 0.4) is 0 Å². The molecule has 0 aromatic heterocycles. The Morgan fingerprint density at radius 3 is 2.00 bits per heavy atom. The third-order valence-electron chi connectivity index (χ3n) is 4.06. The lowest BCUT2D eigenvalue weighted by atomic mass is 10.2. The SMILES string of the molecule is CCOc1ccc(N[C@@H]2CC(=O)N(c3ccc(OCC)cc3)C2=O)cc1. The van der Waals surface area contributed by atoms with E-state index in [2.05, 4.69) is 5.32 Å². The molecule has 0 saturated carbocycles. The Kier molecular flexibility index (Phi) is 5.41. The average molecular weight is 354 g/mol. The van der Waals surface area contributed by atoms with Gasteiger partial charge in [-0.15, -0.1) is 0 Å². The molecule has 0 spiro atoms. The highest BCUT2D eigenvalue weighted by Gasteiger charge is 2.39. The van der Waals surface area contributed by atoms with Gasteiger partial charge in [-0.25, -0.2) is 4.90 Å². The highest BCUT2D eigenvalue weighted by molar-refractivity contribution is 6.23. The van der Waals surface area contributed by atoms with Crippen molar-refractivity contribution in [3.8, 4) is 11.5 Å². The molecule has 1 N–H and O–H groups in total. The monoisotopic (exact) mass is 354 g/mol. The zero-order valence-corrected chi connectivity index (χ0v) is 14.9. The predicted octanol–water partition coefficient (Wildman–Crippen LogP) is 3.23. The number of carbonyl (C=O) groups excluding carboxylic acids is 2. The minimum atomic E-state index is -0.577. The number of hydrogen-bond acceptors (Lipinski definition) is 5. The standard InChI is InChI=1S/C20H22N2O4/c1-3-25-16-9-5-14(6-10-16)21-18-13-19(23)22(20(18)24)15-7-11-17(12-8-15)26-4-2/h5-12,18,21H,3-4,13H2,1-2H3/t18-/m1/s1. The number of benzene rings is 2. The molecule has 1 heterocycles. The quantitative estimate of drug-likeness (QED) is 0.773. The number of amides is 2. The number of imide groups is 1. The van der Waals surface area contributed by atoms with Crippen LogP contribution in [-0.2, 0) is 9.59 Å². The van der Waals surface area contributed by atoms with Crippen LogP contribution in [0.25, 0.3) is 0 Å². The summed E-state index contributed by atoms with van der Waals surface area (Å²) in [4.78, 5) is 26.3. The molecule has 2 amide bonds. The van der Waals surface area contributed by atoms with Gasteiger partial charge in [0.1, 0.15) is 17.5 Å². The van der Waals surface area contributed by atoms with Crippen molar-refractivity contribution in [1.82, 2.24) is 0 Å². The Morgan fingerprint density at radius 1 is 0.923 bits per heavy atom. The molecule has 1 atom stereocenters. The summed E-state index contributed by atoms with van der Waals surface area (Å²) in [5.74, 6) is 0.998. The van der Waals surface area contributed by atoms with Crippen molar-refractivity contribution in [1.29, 1.82) is 0 Å². The Bertz CT molecular complexity index is 771. The van der Waals surface area contributed by atoms with E-state index < -0.39 is 6.04 Å². The molecule has 2 aromatic carbocycles. The lowest BCUT2D eigenvalue weighted by Crippen LogP contribution is -2.34. The van der Waals surface area contributed by atoms with E-state index in [1.807, 2.05) is 38.1 Å².